The summed E-state index contributed by atoms with van der Waals surface area (Å²) in [6.07, 6.45) is 2.77. The molecule has 1 amide bonds. The Bertz CT molecular complexity index is 140. The second-order valence-electron chi connectivity index (χ2n) is 3.13. The third-order valence-electron chi connectivity index (χ3n) is 1.91. The molecule has 0 aromatic rings. The molecule has 0 saturated heterocycles. The number of hydrogen-bond donors (Lipinski definition) is 2. The van der Waals surface area contributed by atoms with Gasteiger partial charge in [0.15, 0.2) is 0 Å². The highest BCUT2D eigenvalue weighted by Gasteiger charge is 2.05. The predicted molar refractivity (Wildman–Crippen MR) is 52.5 cm³/mol. The second-order valence-corrected chi connectivity index (χ2v) is 3.13. The first-order valence-electron chi connectivity index (χ1n) is 4.71. The number of amides is 1. The van der Waals surface area contributed by atoms with E-state index < -0.39 is 0 Å². The standard InChI is InChI=1S/C9H20N2O2/c1-10-8-9(13)11(2)6-4-3-5-7-12/h10,12H,3-8H2,1-2H3. The molecule has 0 spiro atoms. The summed E-state index contributed by atoms with van der Waals surface area (Å²) in [6, 6.07) is 0. The number of carbonyl (C=O) groups excluding carboxylic acids is 1. The minimum absolute atomic E-state index is 0.117. The Morgan fingerprint density at radius 1 is 1.38 bits per heavy atom. The normalized spacial score (nSPS) is 10.1. The summed E-state index contributed by atoms with van der Waals surface area (Å²) in [7, 11) is 3.57. The molecule has 78 valence electrons. The van der Waals surface area contributed by atoms with Crippen LogP contribution in [-0.2, 0) is 4.79 Å². The van der Waals surface area contributed by atoms with Crippen LogP contribution in [0.2, 0.25) is 0 Å². The number of rotatable bonds is 7. The van der Waals surface area contributed by atoms with Gasteiger partial charge in [0.05, 0.1) is 6.54 Å². The maximum absolute atomic E-state index is 11.2. The van der Waals surface area contributed by atoms with Crippen LogP contribution in [0.15, 0.2) is 0 Å². The first-order chi connectivity index (χ1) is 6.22. The highest BCUT2D eigenvalue weighted by Crippen LogP contribution is 1.96. The van der Waals surface area contributed by atoms with Crippen LogP contribution in [0.1, 0.15) is 19.3 Å². The molecule has 0 bridgehead atoms. The Hall–Kier alpha value is -0.610. The number of nitrogens with one attached hydrogen (secondary N) is 1. The van der Waals surface area contributed by atoms with E-state index in [0.717, 1.165) is 25.8 Å². The van der Waals surface area contributed by atoms with E-state index in [1.54, 1.807) is 19.0 Å². The number of aliphatic hydroxyl groups excluding tert-OH is 1. The zero-order valence-corrected chi connectivity index (χ0v) is 8.55. The molecule has 0 aliphatic rings. The number of unbranched alkanes of at least 4 members (excludes halogenated alkanes) is 2. The SMILES string of the molecule is CNCC(=O)N(C)CCCCCO. The first kappa shape index (κ1) is 12.4. The fraction of sp³-hybridized carbons (Fsp3) is 0.889. The molecule has 0 radical (unpaired) electrons. The summed E-state index contributed by atoms with van der Waals surface area (Å²) >= 11 is 0. The fourth-order valence-corrected chi connectivity index (χ4v) is 1.05. The maximum atomic E-state index is 11.2. The van der Waals surface area contributed by atoms with Gasteiger partial charge >= 0.3 is 0 Å². The van der Waals surface area contributed by atoms with E-state index in [-0.39, 0.29) is 12.5 Å². The number of nitrogens with zero attached hydrogens (tertiary/aromatic N) is 1. The van der Waals surface area contributed by atoms with Gasteiger partial charge in [0.25, 0.3) is 0 Å². The van der Waals surface area contributed by atoms with Crippen molar-refractivity contribution in [2.24, 2.45) is 0 Å². The molecule has 0 rings (SSSR count). The van der Waals surface area contributed by atoms with Gasteiger partial charge in [-0.25, -0.2) is 0 Å². The van der Waals surface area contributed by atoms with Crippen LogP contribution in [-0.4, -0.2) is 49.7 Å². The fourth-order valence-electron chi connectivity index (χ4n) is 1.05. The van der Waals surface area contributed by atoms with Crippen LogP contribution in [0.3, 0.4) is 0 Å². The minimum atomic E-state index is 0.117. The molecule has 0 saturated carbocycles. The summed E-state index contributed by atoms with van der Waals surface area (Å²) in [6.45, 7) is 1.42. The lowest BCUT2D eigenvalue weighted by Gasteiger charge is -2.16. The van der Waals surface area contributed by atoms with Crippen molar-refractivity contribution in [2.75, 3.05) is 33.8 Å². The molecule has 0 heterocycles. The molecular formula is C9H20N2O2. The molecule has 0 aliphatic heterocycles. The lowest BCUT2D eigenvalue weighted by Crippen LogP contribution is -2.34. The third-order valence-corrected chi connectivity index (χ3v) is 1.91. The Morgan fingerprint density at radius 2 is 2.08 bits per heavy atom. The monoisotopic (exact) mass is 188 g/mol. The number of aliphatic hydroxyl groups is 1. The third kappa shape index (κ3) is 6.54. The molecule has 0 fully saturated rings. The quantitative estimate of drug-likeness (QED) is 0.545. The highest BCUT2D eigenvalue weighted by atomic mass is 16.2. The van der Waals surface area contributed by atoms with Crippen molar-refractivity contribution in [3.8, 4) is 0 Å². The van der Waals surface area contributed by atoms with Gasteiger partial charge in [-0.3, -0.25) is 4.79 Å². The van der Waals surface area contributed by atoms with Crippen molar-refractivity contribution in [2.45, 2.75) is 19.3 Å². The smallest absolute Gasteiger partial charge is 0.236 e. The molecule has 2 N–H and O–H groups in total. The van der Waals surface area contributed by atoms with E-state index in [2.05, 4.69) is 5.32 Å². The molecule has 0 aromatic carbocycles. The van der Waals surface area contributed by atoms with Crippen LogP contribution >= 0.6 is 0 Å². The number of carbonyl (C=O) groups is 1. The van der Waals surface area contributed by atoms with Crippen molar-refractivity contribution in [3.05, 3.63) is 0 Å². The zero-order valence-electron chi connectivity index (χ0n) is 8.55. The van der Waals surface area contributed by atoms with E-state index in [0.29, 0.717) is 6.54 Å². The summed E-state index contributed by atoms with van der Waals surface area (Å²) < 4.78 is 0. The Morgan fingerprint density at radius 3 is 2.62 bits per heavy atom. The second kappa shape index (κ2) is 8.01. The van der Waals surface area contributed by atoms with E-state index in [1.807, 2.05) is 0 Å². The van der Waals surface area contributed by atoms with Gasteiger partial charge in [0, 0.05) is 20.2 Å². The van der Waals surface area contributed by atoms with Gasteiger partial charge in [-0.1, -0.05) is 0 Å². The van der Waals surface area contributed by atoms with Crippen molar-refractivity contribution < 1.29 is 9.90 Å². The van der Waals surface area contributed by atoms with Crippen LogP contribution in [0.4, 0.5) is 0 Å². The summed E-state index contributed by atoms with van der Waals surface area (Å²) in [5, 5.41) is 11.4. The molecule has 0 aromatic heterocycles. The molecule has 0 atom stereocenters. The van der Waals surface area contributed by atoms with E-state index in [1.165, 1.54) is 0 Å². The highest BCUT2D eigenvalue weighted by molar-refractivity contribution is 5.77. The average molecular weight is 188 g/mol. The average Bonchev–Trinajstić information content (AvgIpc) is 2.12. The molecule has 0 aliphatic carbocycles. The summed E-state index contributed by atoms with van der Waals surface area (Å²) in [5.41, 5.74) is 0. The topological polar surface area (TPSA) is 52.6 Å². The molecule has 13 heavy (non-hydrogen) atoms. The Labute approximate surface area is 79.9 Å². The first-order valence-corrected chi connectivity index (χ1v) is 4.71. The van der Waals surface area contributed by atoms with Crippen LogP contribution < -0.4 is 5.32 Å². The number of hydrogen-bond acceptors (Lipinski definition) is 3. The summed E-state index contributed by atoms with van der Waals surface area (Å²) in [4.78, 5) is 12.9. The largest absolute Gasteiger partial charge is 0.396 e. The summed E-state index contributed by atoms with van der Waals surface area (Å²) in [5.74, 6) is 0.117. The maximum Gasteiger partial charge on any atom is 0.236 e. The van der Waals surface area contributed by atoms with Crippen molar-refractivity contribution in [1.29, 1.82) is 0 Å². The number of likely N-dealkylation sites (N-methyl/N-ethyl adjacent to an activating group) is 2. The van der Waals surface area contributed by atoms with Crippen LogP contribution in [0.5, 0.6) is 0 Å². The lowest BCUT2D eigenvalue weighted by atomic mass is 10.2. The molecule has 0 unspecified atom stereocenters. The van der Waals surface area contributed by atoms with Gasteiger partial charge < -0.3 is 15.3 Å². The molecular weight excluding hydrogens is 168 g/mol. The van der Waals surface area contributed by atoms with Crippen molar-refractivity contribution in [1.82, 2.24) is 10.2 Å². The Balaban J connectivity index is 3.38. The van der Waals surface area contributed by atoms with Gasteiger partial charge in [-0.2, -0.15) is 0 Å². The molecule has 4 heteroatoms. The van der Waals surface area contributed by atoms with Gasteiger partial charge in [0.2, 0.25) is 5.91 Å². The molecule has 4 nitrogen and oxygen atoms in total. The van der Waals surface area contributed by atoms with E-state index in [4.69, 9.17) is 5.11 Å². The van der Waals surface area contributed by atoms with Crippen LogP contribution in [0, 0.1) is 0 Å². The van der Waals surface area contributed by atoms with E-state index >= 15 is 0 Å². The predicted octanol–water partition coefficient (Wildman–Crippen LogP) is -0.173. The minimum Gasteiger partial charge on any atom is -0.396 e. The van der Waals surface area contributed by atoms with Gasteiger partial charge in [0.1, 0.15) is 0 Å². The van der Waals surface area contributed by atoms with Crippen LogP contribution in [0.25, 0.3) is 0 Å². The van der Waals surface area contributed by atoms with E-state index in [9.17, 15) is 4.79 Å². The Kier molecular flexibility index (Phi) is 7.63. The van der Waals surface area contributed by atoms with Crippen molar-refractivity contribution in [3.63, 3.8) is 0 Å². The zero-order chi connectivity index (χ0) is 10.1. The van der Waals surface area contributed by atoms with Gasteiger partial charge in [-0.05, 0) is 26.3 Å². The van der Waals surface area contributed by atoms with Crippen molar-refractivity contribution >= 4 is 5.91 Å². The lowest BCUT2D eigenvalue weighted by molar-refractivity contribution is -0.128. The van der Waals surface area contributed by atoms with Gasteiger partial charge in [-0.15, -0.1) is 0 Å².